The van der Waals surface area contributed by atoms with E-state index < -0.39 is 5.56 Å². The first kappa shape index (κ1) is 18.6. The molecule has 3 rings (SSSR count). The normalized spacial score (nSPS) is 10.4. The standard InChI is InChI=1S/C18H19N5O3S/c1-25-14-8-5-7-13(10-14)20-16-17(24)23(19)18(22-21-16)27-11-12-6-3-4-9-15(12)26-2/h3-10H,11,19H2,1-2H3,(H,20,21). The van der Waals surface area contributed by atoms with Crippen LogP contribution in [0.5, 0.6) is 11.5 Å². The van der Waals surface area contributed by atoms with Crippen LogP contribution in [0.2, 0.25) is 0 Å². The smallest absolute Gasteiger partial charge is 0.315 e. The van der Waals surface area contributed by atoms with E-state index in [1.807, 2.05) is 24.3 Å². The van der Waals surface area contributed by atoms with Crippen molar-refractivity contribution in [2.75, 3.05) is 25.4 Å². The molecule has 0 spiro atoms. The molecule has 3 N–H and O–H groups in total. The molecule has 8 nitrogen and oxygen atoms in total. The van der Waals surface area contributed by atoms with E-state index in [1.54, 1.807) is 38.5 Å². The quantitative estimate of drug-likeness (QED) is 0.472. The lowest BCUT2D eigenvalue weighted by molar-refractivity contribution is 0.411. The topological polar surface area (TPSA) is 104 Å². The maximum absolute atomic E-state index is 12.5. The largest absolute Gasteiger partial charge is 0.497 e. The van der Waals surface area contributed by atoms with Crippen LogP contribution in [0.3, 0.4) is 0 Å². The van der Waals surface area contributed by atoms with Gasteiger partial charge in [-0.25, -0.2) is 0 Å². The zero-order valence-corrected chi connectivity index (χ0v) is 15.7. The number of hydrogen-bond acceptors (Lipinski definition) is 8. The average Bonchev–Trinajstić information content (AvgIpc) is 2.71. The van der Waals surface area contributed by atoms with E-state index in [9.17, 15) is 4.79 Å². The Hall–Kier alpha value is -3.20. The van der Waals surface area contributed by atoms with E-state index in [2.05, 4.69) is 15.5 Å². The number of para-hydroxylation sites is 1. The molecule has 2 aromatic carbocycles. The van der Waals surface area contributed by atoms with Gasteiger partial charge in [0.25, 0.3) is 0 Å². The van der Waals surface area contributed by atoms with E-state index in [0.717, 1.165) is 16.0 Å². The van der Waals surface area contributed by atoms with Crippen molar-refractivity contribution in [2.24, 2.45) is 0 Å². The summed E-state index contributed by atoms with van der Waals surface area (Å²) in [7, 11) is 3.18. The lowest BCUT2D eigenvalue weighted by atomic mass is 10.2. The molecule has 0 aliphatic heterocycles. The molecule has 0 aliphatic rings. The number of methoxy groups -OCH3 is 2. The van der Waals surface area contributed by atoms with Crippen LogP contribution in [0, 0.1) is 0 Å². The fourth-order valence-corrected chi connectivity index (χ4v) is 3.21. The second kappa shape index (κ2) is 8.45. The van der Waals surface area contributed by atoms with Gasteiger partial charge in [0, 0.05) is 23.1 Å². The molecule has 0 amide bonds. The predicted octanol–water partition coefficient (Wildman–Crippen LogP) is 2.41. The SMILES string of the molecule is COc1cccc(Nc2nnc(SCc3ccccc3OC)n(N)c2=O)c1. The molecular formula is C18H19N5O3S. The van der Waals surface area contributed by atoms with Gasteiger partial charge in [-0.2, -0.15) is 4.68 Å². The van der Waals surface area contributed by atoms with Crippen LogP contribution < -0.4 is 26.2 Å². The Bertz CT molecular complexity index is 993. The number of thioether (sulfide) groups is 1. The minimum Gasteiger partial charge on any atom is -0.497 e. The molecule has 0 saturated heterocycles. The monoisotopic (exact) mass is 385 g/mol. The summed E-state index contributed by atoms with van der Waals surface area (Å²) in [5, 5.41) is 11.3. The van der Waals surface area contributed by atoms with E-state index in [-0.39, 0.29) is 5.82 Å². The van der Waals surface area contributed by atoms with Crippen molar-refractivity contribution in [1.29, 1.82) is 0 Å². The molecule has 0 aliphatic carbocycles. The van der Waals surface area contributed by atoms with E-state index in [4.69, 9.17) is 15.3 Å². The Morgan fingerprint density at radius 3 is 2.70 bits per heavy atom. The fraction of sp³-hybridized carbons (Fsp3) is 0.167. The van der Waals surface area contributed by atoms with Crippen molar-refractivity contribution >= 4 is 23.3 Å². The summed E-state index contributed by atoms with van der Waals surface area (Å²) >= 11 is 1.30. The second-order valence-electron chi connectivity index (χ2n) is 5.46. The molecule has 0 atom stereocenters. The van der Waals surface area contributed by atoms with Crippen LogP contribution in [0.15, 0.2) is 58.5 Å². The van der Waals surface area contributed by atoms with Crippen LogP contribution in [0.1, 0.15) is 5.56 Å². The Balaban J connectivity index is 1.77. The predicted molar refractivity (Wildman–Crippen MR) is 105 cm³/mol. The fourth-order valence-electron chi connectivity index (χ4n) is 2.36. The van der Waals surface area contributed by atoms with Gasteiger partial charge in [0.2, 0.25) is 11.0 Å². The van der Waals surface area contributed by atoms with E-state index in [1.165, 1.54) is 11.8 Å². The highest BCUT2D eigenvalue weighted by molar-refractivity contribution is 7.98. The van der Waals surface area contributed by atoms with E-state index >= 15 is 0 Å². The van der Waals surface area contributed by atoms with Crippen LogP contribution in [0.4, 0.5) is 11.5 Å². The van der Waals surface area contributed by atoms with Gasteiger partial charge in [0.15, 0.2) is 0 Å². The van der Waals surface area contributed by atoms with Gasteiger partial charge in [-0.05, 0) is 18.2 Å². The highest BCUT2D eigenvalue weighted by atomic mass is 32.2. The van der Waals surface area contributed by atoms with Gasteiger partial charge >= 0.3 is 5.56 Å². The molecule has 0 unspecified atom stereocenters. The Morgan fingerprint density at radius 1 is 1.11 bits per heavy atom. The van der Waals surface area contributed by atoms with Crippen molar-refractivity contribution in [3.63, 3.8) is 0 Å². The van der Waals surface area contributed by atoms with Crippen molar-refractivity contribution in [2.45, 2.75) is 10.9 Å². The number of nitrogens with zero attached hydrogens (tertiary/aromatic N) is 3. The molecule has 140 valence electrons. The first-order valence-corrected chi connectivity index (χ1v) is 9.01. The molecule has 0 radical (unpaired) electrons. The van der Waals surface area contributed by atoms with Gasteiger partial charge in [-0.15, -0.1) is 10.2 Å². The third-order valence-corrected chi connectivity index (χ3v) is 4.74. The molecule has 9 heteroatoms. The minimum atomic E-state index is -0.477. The highest BCUT2D eigenvalue weighted by Crippen LogP contribution is 2.26. The van der Waals surface area contributed by atoms with E-state index in [0.29, 0.717) is 22.3 Å². The third kappa shape index (κ3) is 4.32. The van der Waals surface area contributed by atoms with Crippen molar-refractivity contribution in [3.05, 3.63) is 64.4 Å². The maximum atomic E-state index is 12.5. The highest BCUT2D eigenvalue weighted by Gasteiger charge is 2.12. The number of ether oxygens (including phenoxy) is 2. The van der Waals surface area contributed by atoms with Gasteiger partial charge < -0.3 is 20.6 Å². The Kier molecular flexibility index (Phi) is 5.82. The molecule has 0 bridgehead atoms. The molecule has 0 fully saturated rings. The summed E-state index contributed by atoms with van der Waals surface area (Å²) < 4.78 is 11.5. The molecular weight excluding hydrogens is 366 g/mol. The number of benzene rings is 2. The Morgan fingerprint density at radius 2 is 1.93 bits per heavy atom. The van der Waals surface area contributed by atoms with Crippen LogP contribution in [0.25, 0.3) is 0 Å². The molecule has 1 heterocycles. The lowest BCUT2D eigenvalue weighted by Crippen LogP contribution is -2.32. The summed E-state index contributed by atoms with van der Waals surface area (Å²) in [6.45, 7) is 0. The summed E-state index contributed by atoms with van der Waals surface area (Å²) in [5.74, 6) is 7.91. The third-order valence-electron chi connectivity index (χ3n) is 3.74. The number of aromatic nitrogens is 3. The van der Waals surface area contributed by atoms with Crippen LogP contribution >= 0.6 is 11.8 Å². The van der Waals surface area contributed by atoms with Gasteiger partial charge in [0.05, 0.1) is 14.2 Å². The summed E-state index contributed by atoms with van der Waals surface area (Å²) in [6.07, 6.45) is 0. The number of hydrogen-bond donors (Lipinski definition) is 2. The van der Waals surface area contributed by atoms with Crippen molar-refractivity contribution in [1.82, 2.24) is 14.9 Å². The summed E-state index contributed by atoms with van der Waals surface area (Å²) in [4.78, 5) is 12.5. The molecule has 27 heavy (non-hydrogen) atoms. The molecule has 0 saturated carbocycles. The second-order valence-corrected chi connectivity index (χ2v) is 6.41. The molecule has 3 aromatic rings. The summed E-state index contributed by atoms with van der Waals surface area (Å²) in [5.41, 5.74) is 1.14. The molecule has 1 aromatic heterocycles. The number of rotatable bonds is 7. The number of nitrogens with two attached hydrogens (primary N) is 1. The van der Waals surface area contributed by atoms with Gasteiger partial charge in [-0.3, -0.25) is 4.79 Å². The number of anilines is 2. The van der Waals surface area contributed by atoms with Crippen LogP contribution in [-0.2, 0) is 5.75 Å². The zero-order chi connectivity index (χ0) is 19.2. The first-order chi connectivity index (χ1) is 13.1. The Labute approximate surface area is 160 Å². The van der Waals surface area contributed by atoms with Gasteiger partial charge in [0.1, 0.15) is 11.5 Å². The van der Waals surface area contributed by atoms with Crippen molar-refractivity contribution in [3.8, 4) is 11.5 Å². The number of nitrogen functional groups attached to an aromatic ring is 1. The van der Waals surface area contributed by atoms with Crippen LogP contribution in [-0.4, -0.2) is 29.1 Å². The minimum absolute atomic E-state index is 0.0346. The maximum Gasteiger partial charge on any atom is 0.315 e. The zero-order valence-electron chi connectivity index (χ0n) is 14.9. The average molecular weight is 385 g/mol. The summed E-state index contributed by atoms with van der Waals surface area (Å²) in [6, 6.07) is 14.8. The van der Waals surface area contributed by atoms with Crippen molar-refractivity contribution < 1.29 is 9.47 Å². The first-order valence-electron chi connectivity index (χ1n) is 8.03. The number of nitrogens with one attached hydrogen (secondary N) is 1. The lowest BCUT2D eigenvalue weighted by Gasteiger charge is -2.11. The van der Waals surface area contributed by atoms with Gasteiger partial charge in [-0.1, -0.05) is 36.0 Å².